The minimum absolute atomic E-state index is 0.0108. The molecule has 0 radical (unpaired) electrons. The molecule has 1 N–H and O–H groups in total. The molecule has 134 valence electrons. The summed E-state index contributed by atoms with van der Waals surface area (Å²) < 4.78 is 14.1. The summed E-state index contributed by atoms with van der Waals surface area (Å²) in [6.07, 6.45) is 1.48. The van der Waals surface area contributed by atoms with Crippen molar-refractivity contribution in [2.75, 3.05) is 19.6 Å². The Morgan fingerprint density at radius 1 is 1.35 bits per heavy atom. The number of nitrogens with zero attached hydrogens (tertiary/aromatic N) is 3. The van der Waals surface area contributed by atoms with E-state index in [9.17, 15) is 4.79 Å². The van der Waals surface area contributed by atoms with Crippen molar-refractivity contribution in [3.05, 3.63) is 64.1 Å². The summed E-state index contributed by atoms with van der Waals surface area (Å²) in [5.74, 6) is 0.753. The summed E-state index contributed by atoms with van der Waals surface area (Å²) in [6, 6.07) is 10.3. The van der Waals surface area contributed by atoms with Gasteiger partial charge < -0.3 is 10.1 Å². The van der Waals surface area contributed by atoms with Crippen LogP contribution < -0.4 is 10.1 Å². The summed E-state index contributed by atoms with van der Waals surface area (Å²) in [7, 11) is 0. The SMILES string of the molecule is O=C(NCCN1Cc2ccccc2OC(c2ccsc2)C1)c1cnsn1. The Morgan fingerprint density at radius 2 is 2.27 bits per heavy atom. The molecule has 4 rings (SSSR count). The summed E-state index contributed by atoms with van der Waals surface area (Å²) >= 11 is 2.71. The molecule has 0 bridgehead atoms. The highest BCUT2D eigenvalue weighted by atomic mass is 32.1. The molecular formula is C18H18N4O2S2. The lowest BCUT2D eigenvalue weighted by atomic mass is 10.2. The number of aromatic nitrogens is 2. The van der Waals surface area contributed by atoms with Crippen LogP contribution in [0, 0.1) is 0 Å². The zero-order valence-electron chi connectivity index (χ0n) is 14.0. The standard InChI is InChI=1S/C18H18N4O2S2/c23-18(15-9-20-26-21-15)19-6-7-22-10-13-3-1-2-4-16(13)24-17(11-22)14-5-8-25-12-14/h1-5,8-9,12,17H,6-7,10-11H2,(H,19,23). The molecule has 1 atom stereocenters. The van der Waals surface area contributed by atoms with Gasteiger partial charge in [-0.1, -0.05) is 18.2 Å². The number of ether oxygens (including phenoxy) is 1. The lowest BCUT2D eigenvalue weighted by Crippen LogP contribution is -2.36. The number of amides is 1. The maximum absolute atomic E-state index is 12.0. The molecule has 3 aromatic rings. The van der Waals surface area contributed by atoms with Crippen molar-refractivity contribution in [3.8, 4) is 5.75 Å². The lowest BCUT2D eigenvalue weighted by molar-refractivity contribution is 0.0939. The monoisotopic (exact) mass is 386 g/mol. The van der Waals surface area contributed by atoms with Crippen LogP contribution in [0.3, 0.4) is 0 Å². The van der Waals surface area contributed by atoms with Crippen LogP contribution in [0.2, 0.25) is 0 Å². The van der Waals surface area contributed by atoms with Crippen molar-refractivity contribution in [2.45, 2.75) is 12.6 Å². The van der Waals surface area contributed by atoms with E-state index in [-0.39, 0.29) is 12.0 Å². The predicted molar refractivity (Wildman–Crippen MR) is 102 cm³/mol. The zero-order valence-corrected chi connectivity index (χ0v) is 15.6. The number of hydrogen-bond donors (Lipinski definition) is 1. The molecule has 6 nitrogen and oxygen atoms in total. The molecule has 0 spiro atoms. The van der Waals surface area contributed by atoms with E-state index in [1.54, 1.807) is 11.3 Å². The van der Waals surface area contributed by atoms with Gasteiger partial charge in [0.2, 0.25) is 0 Å². The van der Waals surface area contributed by atoms with Gasteiger partial charge in [0.25, 0.3) is 5.91 Å². The molecule has 0 aliphatic carbocycles. The minimum atomic E-state index is -0.181. The van der Waals surface area contributed by atoms with Crippen molar-refractivity contribution in [1.29, 1.82) is 0 Å². The molecule has 8 heteroatoms. The van der Waals surface area contributed by atoms with Gasteiger partial charge in [-0.25, -0.2) is 0 Å². The Balaban J connectivity index is 1.44. The topological polar surface area (TPSA) is 67.4 Å². The largest absolute Gasteiger partial charge is 0.484 e. The maximum atomic E-state index is 12.0. The van der Waals surface area contributed by atoms with Crippen molar-refractivity contribution in [1.82, 2.24) is 19.0 Å². The summed E-state index contributed by atoms with van der Waals surface area (Å²) in [5.41, 5.74) is 2.73. The highest BCUT2D eigenvalue weighted by molar-refractivity contribution is 7.08. The van der Waals surface area contributed by atoms with Crippen molar-refractivity contribution in [2.24, 2.45) is 0 Å². The van der Waals surface area contributed by atoms with Gasteiger partial charge in [0.05, 0.1) is 17.9 Å². The smallest absolute Gasteiger partial charge is 0.272 e. The first-order valence-corrected chi connectivity index (χ1v) is 10.0. The number of carbonyl (C=O) groups is 1. The minimum Gasteiger partial charge on any atom is -0.484 e. The van der Waals surface area contributed by atoms with Gasteiger partial charge in [-0.05, 0) is 22.9 Å². The Hall–Kier alpha value is -2.29. The first kappa shape index (κ1) is 17.1. The number of benzene rings is 1. The number of thiophene rings is 1. The third-order valence-corrected chi connectivity index (χ3v) is 5.46. The van der Waals surface area contributed by atoms with Crippen LogP contribution in [-0.4, -0.2) is 39.2 Å². The highest BCUT2D eigenvalue weighted by Crippen LogP contribution is 2.31. The molecule has 1 unspecified atom stereocenters. The van der Waals surface area contributed by atoms with E-state index in [0.717, 1.165) is 37.1 Å². The predicted octanol–water partition coefficient (Wildman–Crippen LogP) is 2.97. The van der Waals surface area contributed by atoms with E-state index in [0.29, 0.717) is 12.2 Å². The first-order valence-electron chi connectivity index (χ1n) is 8.34. The second-order valence-corrected chi connectivity index (χ2v) is 7.39. The zero-order chi connectivity index (χ0) is 17.8. The average molecular weight is 387 g/mol. The van der Waals surface area contributed by atoms with Crippen molar-refractivity contribution < 1.29 is 9.53 Å². The number of para-hydroxylation sites is 1. The van der Waals surface area contributed by atoms with Crippen LogP contribution in [0.15, 0.2) is 47.3 Å². The summed E-state index contributed by atoms with van der Waals surface area (Å²) in [4.78, 5) is 14.3. The first-order chi connectivity index (χ1) is 12.8. The van der Waals surface area contributed by atoms with Crippen LogP contribution in [-0.2, 0) is 6.54 Å². The molecule has 1 aliphatic rings. The molecule has 1 aromatic carbocycles. The van der Waals surface area contributed by atoms with E-state index >= 15 is 0 Å². The van der Waals surface area contributed by atoms with Crippen LogP contribution in [0.4, 0.5) is 0 Å². The van der Waals surface area contributed by atoms with E-state index in [1.807, 2.05) is 18.2 Å². The van der Waals surface area contributed by atoms with Gasteiger partial charge >= 0.3 is 0 Å². The molecule has 0 saturated carbocycles. The quantitative estimate of drug-likeness (QED) is 0.730. The molecular weight excluding hydrogens is 368 g/mol. The van der Waals surface area contributed by atoms with E-state index in [1.165, 1.54) is 17.3 Å². The molecule has 1 aliphatic heterocycles. The Morgan fingerprint density at radius 3 is 3.08 bits per heavy atom. The average Bonchev–Trinajstić information content (AvgIpc) is 3.33. The fourth-order valence-electron chi connectivity index (χ4n) is 2.96. The van der Waals surface area contributed by atoms with Crippen LogP contribution in [0.1, 0.15) is 27.7 Å². The second-order valence-electron chi connectivity index (χ2n) is 6.05. The van der Waals surface area contributed by atoms with Gasteiger partial charge in [-0.2, -0.15) is 20.1 Å². The molecule has 26 heavy (non-hydrogen) atoms. The lowest BCUT2D eigenvalue weighted by Gasteiger charge is -2.23. The third-order valence-electron chi connectivity index (χ3n) is 4.28. The van der Waals surface area contributed by atoms with Crippen LogP contribution in [0.25, 0.3) is 0 Å². The molecule has 0 fully saturated rings. The highest BCUT2D eigenvalue weighted by Gasteiger charge is 2.24. The van der Waals surface area contributed by atoms with Crippen molar-refractivity contribution in [3.63, 3.8) is 0 Å². The molecule has 2 aromatic heterocycles. The Kier molecular flexibility index (Phi) is 5.24. The normalized spacial score (nSPS) is 17.2. The number of hydrogen-bond acceptors (Lipinski definition) is 7. The van der Waals surface area contributed by atoms with Gasteiger partial charge in [-0.15, -0.1) is 0 Å². The molecule has 3 heterocycles. The van der Waals surface area contributed by atoms with Crippen LogP contribution in [0.5, 0.6) is 5.75 Å². The third kappa shape index (κ3) is 3.92. The Labute approximate surface area is 159 Å². The van der Waals surface area contributed by atoms with Gasteiger partial charge in [0, 0.05) is 37.3 Å². The second kappa shape index (κ2) is 7.94. The van der Waals surface area contributed by atoms with Crippen molar-refractivity contribution >= 4 is 29.0 Å². The van der Waals surface area contributed by atoms with E-state index < -0.39 is 0 Å². The number of carbonyl (C=O) groups excluding carboxylic acids is 1. The molecule has 0 saturated heterocycles. The van der Waals surface area contributed by atoms with Crippen LogP contribution >= 0.6 is 23.1 Å². The fourth-order valence-corrected chi connectivity index (χ4v) is 4.08. The summed E-state index contributed by atoms with van der Waals surface area (Å²) in [6.45, 7) is 2.86. The number of rotatable bonds is 5. The molecule has 1 amide bonds. The van der Waals surface area contributed by atoms with Gasteiger partial charge in [0.15, 0.2) is 5.69 Å². The Bertz CT molecular complexity index is 852. The van der Waals surface area contributed by atoms with Gasteiger partial charge in [-0.3, -0.25) is 9.69 Å². The number of fused-ring (bicyclic) bond motifs is 1. The fraction of sp³-hybridized carbons (Fsp3) is 0.278. The summed E-state index contributed by atoms with van der Waals surface area (Å²) in [5, 5.41) is 7.12. The van der Waals surface area contributed by atoms with E-state index in [2.05, 4.69) is 41.9 Å². The van der Waals surface area contributed by atoms with E-state index in [4.69, 9.17) is 4.74 Å². The maximum Gasteiger partial charge on any atom is 0.272 e. The number of nitrogens with one attached hydrogen (secondary N) is 1. The van der Waals surface area contributed by atoms with Gasteiger partial charge in [0.1, 0.15) is 11.9 Å².